The van der Waals surface area contributed by atoms with Crippen molar-refractivity contribution < 1.29 is 20.1 Å². The second kappa shape index (κ2) is 8.44. The zero-order chi connectivity index (χ0) is 17.5. The molecule has 0 saturated carbocycles. The Morgan fingerprint density at radius 2 is 1.75 bits per heavy atom. The molecule has 0 radical (unpaired) electrons. The lowest BCUT2D eigenvalue weighted by Crippen LogP contribution is -2.24. The lowest BCUT2D eigenvalue weighted by molar-refractivity contribution is 0.0997. The first-order valence-electron chi connectivity index (χ1n) is 7.73. The predicted molar refractivity (Wildman–Crippen MR) is 90.5 cm³/mol. The van der Waals surface area contributed by atoms with E-state index in [1.54, 1.807) is 0 Å². The van der Waals surface area contributed by atoms with Crippen LogP contribution in [0.5, 0.6) is 5.75 Å². The zero-order valence-electron chi connectivity index (χ0n) is 13.2. The third-order valence-electron chi connectivity index (χ3n) is 3.79. The number of hydrogen-bond donors (Lipinski definition) is 5. The molecule has 128 valence electrons. The number of aliphatic hydroxyl groups is 2. The van der Waals surface area contributed by atoms with Crippen molar-refractivity contribution in [3.05, 3.63) is 65.2 Å². The van der Waals surface area contributed by atoms with Crippen LogP contribution in [0, 0.1) is 0 Å². The summed E-state index contributed by atoms with van der Waals surface area (Å²) < 4.78 is 0. The molecule has 0 aliphatic rings. The number of hydrogen-bond acceptors (Lipinski definition) is 5. The molecule has 0 spiro atoms. The Hall–Kier alpha value is -2.41. The molecule has 0 aliphatic carbocycles. The van der Waals surface area contributed by atoms with E-state index in [9.17, 15) is 20.1 Å². The van der Waals surface area contributed by atoms with Crippen LogP contribution in [0.3, 0.4) is 0 Å². The summed E-state index contributed by atoms with van der Waals surface area (Å²) in [5.74, 6) is -0.960. The molecule has 0 fully saturated rings. The van der Waals surface area contributed by atoms with Gasteiger partial charge in [-0.25, -0.2) is 0 Å². The maximum Gasteiger partial charge on any atom is 0.252 e. The molecule has 24 heavy (non-hydrogen) atoms. The number of aromatic hydroxyl groups is 1. The van der Waals surface area contributed by atoms with Crippen molar-refractivity contribution in [2.75, 3.05) is 13.1 Å². The Morgan fingerprint density at radius 3 is 2.42 bits per heavy atom. The van der Waals surface area contributed by atoms with Gasteiger partial charge in [0.1, 0.15) is 5.75 Å². The smallest absolute Gasteiger partial charge is 0.252 e. The molecule has 2 atom stereocenters. The van der Waals surface area contributed by atoms with E-state index in [4.69, 9.17) is 5.73 Å². The molecule has 6 N–H and O–H groups in total. The Bertz CT molecular complexity index is 676. The van der Waals surface area contributed by atoms with Crippen LogP contribution in [0.1, 0.15) is 40.1 Å². The highest BCUT2D eigenvalue weighted by molar-refractivity contribution is 5.95. The second-order valence-electron chi connectivity index (χ2n) is 5.58. The fraction of sp³-hybridized carbons (Fsp3) is 0.278. The lowest BCUT2D eigenvalue weighted by atomic mass is 10.0. The molecule has 2 aromatic carbocycles. The largest absolute Gasteiger partial charge is 0.507 e. The molecule has 6 heteroatoms. The van der Waals surface area contributed by atoms with E-state index in [0.717, 1.165) is 5.56 Å². The van der Waals surface area contributed by atoms with Gasteiger partial charge >= 0.3 is 0 Å². The summed E-state index contributed by atoms with van der Waals surface area (Å²) in [7, 11) is 0. The Labute approximate surface area is 140 Å². The molecule has 2 aromatic rings. The number of primary amides is 1. The fourth-order valence-electron chi connectivity index (χ4n) is 2.40. The number of benzene rings is 2. The van der Waals surface area contributed by atoms with Crippen LogP contribution in [0.4, 0.5) is 0 Å². The van der Waals surface area contributed by atoms with Gasteiger partial charge in [0.15, 0.2) is 0 Å². The number of aliphatic hydroxyl groups excluding tert-OH is 2. The van der Waals surface area contributed by atoms with Crippen LogP contribution in [-0.4, -0.2) is 34.3 Å². The number of nitrogens with two attached hydrogens (primary N) is 1. The summed E-state index contributed by atoms with van der Waals surface area (Å²) in [6.07, 6.45) is -0.901. The van der Waals surface area contributed by atoms with Gasteiger partial charge in [-0.15, -0.1) is 0 Å². The third kappa shape index (κ3) is 4.79. The molecule has 0 heterocycles. The monoisotopic (exact) mass is 330 g/mol. The minimum absolute atomic E-state index is 0.0222. The van der Waals surface area contributed by atoms with Gasteiger partial charge in [0, 0.05) is 6.54 Å². The van der Waals surface area contributed by atoms with Gasteiger partial charge in [-0.2, -0.15) is 0 Å². The summed E-state index contributed by atoms with van der Waals surface area (Å²) in [6.45, 7) is 0.776. The average molecular weight is 330 g/mol. The maximum atomic E-state index is 11.2. The summed E-state index contributed by atoms with van der Waals surface area (Å²) in [6, 6.07) is 13.6. The van der Waals surface area contributed by atoms with Crippen LogP contribution in [0.25, 0.3) is 0 Å². The molecule has 0 bridgehead atoms. The standard InChI is InChI=1S/C18H22N2O4/c19-18(24)14-10-13(6-7-16(14)22)17(23)11-20-9-8-15(21)12-4-2-1-3-5-12/h1-7,10,15,17,20-23H,8-9,11H2,(H2,19,24)/t15-,17+/m1/s1. The topological polar surface area (TPSA) is 116 Å². The van der Waals surface area contributed by atoms with Crippen molar-refractivity contribution in [1.29, 1.82) is 0 Å². The molecule has 0 aromatic heterocycles. The van der Waals surface area contributed by atoms with E-state index < -0.39 is 18.1 Å². The van der Waals surface area contributed by atoms with Gasteiger partial charge in [0.2, 0.25) is 0 Å². The summed E-state index contributed by atoms with van der Waals surface area (Å²) in [5.41, 5.74) is 6.48. The van der Waals surface area contributed by atoms with Gasteiger partial charge in [-0.3, -0.25) is 4.79 Å². The highest BCUT2D eigenvalue weighted by Crippen LogP contribution is 2.22. The molecule has 0 saturated heterocycles. The van der Waals surface area contributed by atoms with Crippen LogP contribution >= 0.6 is 0 Å². The van der Waals surface area contributed by atoms with Crippen molar-refractivity contribution >= 4 is 5.91 Å². The first-order chi connectivity index (χ1) is 11.5. The SMILES string of the molecule is NC(=O)c1cc([C@@H](O)CNCC[C@@H](O)c2ccccc2)ccc1O. The van der Waals surface area contributed by atoms with Crippen LogP contribution in [0.15, 0.2) is 48.5 Å². The molecule has 0 aliphatic heterocycles. The molecule has 6 nitrogen and oxygen atoms in total. The zero-order valence-corrected chi connectivity index (χ0v) is 13.2. The molecular formula is C18H22N2O4. The molecular weight excluding hydrogens is 308 g/mol. The summed E-state index contributed by atoms with van der Waals surface area (Å²) in [5, 5.41) is 32.8. The van der Waals surface area contributed by atoms with Gasteiger partial charge in [0.05, 0.1) is 17.8 Å². The van der Waals surface area contributed by atoms with Gasteiger partial charge in [0.25, 0.3) is 5.91 Å². The van der Waals surface area contributed by atoms with E-state index in [-0.39, 0.29) is 17.9 Å². The van der Waals surface area contributed by atoms with Crippen molar-refractivity contribution in [2.45, 2.75) is 18.6 Å². The number of carbonyl (C=O) groups excluding carboxylic acids is 1. The fourth-order valence-corrected chi connectivity index (χ4v) is 2.40. The first-order valence-corrected chi connectivity index (χ1v) is 7.73. The minimum Gasteiger partial charge on any atom is -0.507 e. The third-order valence-corrected chi connectivity index (χ3v) is 3.79. The summed E-state index contributed by atoms with van der Waals surface area (Å²) >= 11 is 0. The number of phenols is 1. The van der Waals surface area contributed by atoms with E-state index in [0.29, 0.717) is 18.5 Å². The van der Waals surface area contributed by atoms with Crippen molar-refractivity contribution in [3.8, 4) is 5.75 Å². The minimum atomic E-state index is -0.849. The van der Waals surface area contributed by atoms with E-state index in [2.05, 4.69) is 5.32 Å². The maximum absolute atomic E-state index is 11.2. The number of rotatable bonds is 8. The number of amides is 1. The quantitative estimate of drug-likeness (QED) is 0.467. The second-order valence-corrected chi connectivity index (χ2v) is 5.58. The normalized spacial score (nSPS) is 13.4. The van der Waals surface area contributed by atoms with Gasteiger partial charge in [-0.05, 0) is 36.2 Å². The Kier molecular flexibility index (Phi) is 6.31. The van der Waals surface area contributed by atoms with E-state index in [1.807, 2.05) is 30.3 Å². The lowest BCUT2D eigenvalue weighted by Gasteiger charge is -2.15. The Morgan fingerprint density at radius 1 is 1.04 bits per heavy atom. The summed E-state index contributed by atoms with van der Waals surface area (Å²) in [4.78, 5) is 11.2. The predicted octanol–water partition coefficient (Wildman–Crippen LogP) is 1.24. The van der Waals surface area contributed by atoms with Gasteiger partial charge in [-0.1, -0.05) is 36.4 Å². The molecule has 2 rings (SSSR count). The van der Waals surface area contributed by atoms with Gasteiger partial charge < -0.3 is 26.4 Å². The van der Waals surface area contributed by atoms with Crippen molar-refractivity contribution in [1.82, 2.24) is 5.32 Å². The van der Waals surface area contributed by atoms with Crippen molar-refractivity contribution in [2.24, 2.45) is 5.73 Å². The number of carbonyl (C=O) groups is 1. The van der Waals surface area contributed by atoms with Crippen LogP contribution < -0.4 is 11.1 Å². The molecule has 1 amide bonds. The Balaban J connectivity index is 1.82. The van der Waals surface area contributed by atoms with Crippen molar-refractivity contribution in [3.63, 3.8) is 0 Å². The van der Waals surface area contributed by atoms with Crippen LogP contribution in [0.2, 0.25) is 0 Å². The highest BCUT2D eigenvalue weighted by Gasteiger charge is 2.13. The van der Waals surface area contributed by atoms with Crippen LogP contribution in [-0.2, 0) is 0 Å². The molecule has 0 unspecified atom stereocenters. The highest BCUT2D eigenvalue weighted by atomic mass is 16.3. The van der Waals surface area contributed by atoms with E-state index >= 15 is 0 Å². The number of nitrogens with one attached hydrogen (secondary N) is 1. The first kappa shape index (κ1) is 17.9. The van der Waals surface area contributed by atoms with E-state index in [1.165, 1.54) is 18.2 Å². The average Bonchev–Trinajstić information content (AvgIpc) is 2.59.